The minimum absolute atomic E-state index is 0.0125. The van der Waals surface area contributed by atoms with Crippen molar-refractivity contribution >= 4 is 0 Å². The topological polar surface area (TPSA) is 12.5 Å². The molecule has 2 heteroatoms. The Hall–Kier alpha value is -0.340. The van der Waals surface area contributed by atoms with Gasteiger partial charge in [-0.3, -0.25) is 4.84 Å². The highest BCUT2D eigenvalue weighted by atomic mass is 16.7. The number of rotatable bonds is 3. The van der Waals surface area contributed by atoms with E-state index < -0.39 is 0 Å². The maximum absolute atomic E-state index is 6.21. The Morgan fingerprint density at radius 1 is 1.32 bits per heavy atom. The summed E-state index contributed by atoms with van der Waals surface area (Å²) in [5.74, 6) is 2.27. The lowest BCUT2D eigenvalue weighted by Crippen LogP contribution is -2.44. The fourth-order valence-electron chi connectivity index (χ4n) is 4.14. The second kappa shape index (κ2) is 5.57. The van der Waals surface area contributed by atoms with Crippen LogP contribution in [0.2, 0.25) is 0 Å². The highest BCUT2D eigenvalue weighted by molar-refractivity contribution is 5.02. The van der Waals surface area contributed by atoms with E-state index >= 15 is 0 Å². The maximum atomic E-state index is 6.21. The largest absolute Gasteiger partial charge is 0.292 e. The molecular weight excluding hydrogens is 234 g/mol. The number of hydrogen-bond donors (Lipinski definition) is 0. The minimum atomic E-state index is 0.0125. The fourth-order valence-corrected chi connectivity index (χ4v) is 4.14. The molecule has 0 spiro atoms. The zero-order valence-corrected chi connectivity index (χ0v) is 13.6. The van der Waals surface area contributed by atoms with Crippen molar-refractivity contribution < 1.29 is 4.84 Å². The van der Waals surface area contributed by atoms with Crippen LogP contribution in [-0.2, 0) is 4.84 Å². The summed E-state index contributed by atoms with van der Waals surface area (Å²) in [7, 11) is 0. The van der Waals surface area contributed by atoms with Gasteiger partial charge < -0.3 is 0 Å². The lowest BCUT2D eigenvalue weighted by molar-refractivity contribution is -0.195. The lowest BCUT2D eigenvalue weighted by Gasteiger charge is -2.40. The summed E-state index contributed by atoms with van der Waals surface area (Å²) < 4.78 is 0. The van der Waals surface area contributed by atoms with Gasteiger partial charge in [-0.15, -0.1) is 0 Å². The first kappa shape index (κ1) is 15.1. The first-order valence-electron chi connectivity index (χ1n) is 7.94. The maximum Gasteiger partial charge on any atom is 0.0887 e. The Bertz CT molecular complexity index is 343. The van der Waals surface area contributed by atoms with Crippen LogP contribution in [0, 0.1) is 17.8 Å². The molecule has 4 unspecified atom stereocenters. The smallest absolute Gasteiger partial charge is 0.0887 e. The number of hydrogen-bond acceptors (Lipinski definition) is 2. The van der Waals surface area contributed by atoms with E-state index in [1.807, 2.05) is 0 Å². The first-order chi connectivity index (χ1) is 8.85. The highest BCUT2D eigenvalue weighted by Crippen LogP contribution is 2.49. The minimum Gasteiger partial charge on any atom is -0.292 e. The standard InChI is InChI=1S/C17H31NO/c1-7-18-16-13(4)10-14(9-8-12(2)3)11-15(16)17(5,6)19-18/h8,13-16H,7,9-11H2,1-6H3. The Balaban J connectivity index is 2.11. The Kier molecular flexibility index (Phi) is 4.42. The monoisotopic (exact) mass is 265 g/mol. The van der Waals surface area contributed by atoms with Crippen molar-refractivity contribution in [3.05, 3.63) is 11.6 Å². The van der Waals surface area contributed by atoms with Gasteiger partial charge in [0.1, 0.15) is 0 Å². The molecule has 19 heavy (non-hydrogen) atoms. The van der Waals surface area contributed by atoms with E-state index in [-0.39, 0.29) is 5.60 Å². The van der Waals surface area contributed by atoms with E-state index in [9.17, 15) is 0 Å². The molecule has 0 aromatic carbocycles. The quantitative estimate of drug-likeness (QED) is 0.700. The summed E-state index contributed by atoms with van der Waals surface area (Å²) in [6, 6.07) is 0.628. The second-order valence-corrected chi connectivity index (χ2v) is 7.36. The van der Waals surface area contributed by atoms with E-state index in [0.29, 0.717) is 12.0 Å². The number of hydroxylamine groups is 2. The van der Waals surface area contributed by atoms with Crippen molar-refractivity contribution in [2.24, 2.45) is 17.8 Å². The predicted octanol–water partition coefficient (Wildman–Crippen LogP) is 4.42. The molecule has 0 aromatic rings. The third-order valence-corrected chi connectivity index (χ3v) is 5.04. The predicted molar refractivity (Wildman–Crippen MR) is 80.8 cm³/mol. The van der Waals surface area contributed by atoms with Crippen LogP contribution in [0.4, 0.5) is 0 Å². The summed E-state index contributed by atoms with van der Waals surface area (Å²) in [5, 5.41) is 2.26. The molecule has 1 saturated carbocycles. The number of allylic oxidation sites excluding steroid dienone is 2. The summed E-state index contributed by atoms with van der Waals surface area (Å²) >= 11 is 0. The van der Waals surface area contributed by atoms with Crippen LogP contribution in [-0.4, -0.2) is 23.3 Å². The van der Waals surface area contributed by atoms with Crippen molar-refractivity contribution in [1.29, 1.82) is 0 Å². The number of nitrogens with zero attached hydrogens (tertiary/aromatic N) is 1. The van der Waals surface area contributed by atoms with Crippen LogP contribution >= 0.6 is 0 Å². The van der Waals surface area contributed by atoms with Gasteiger partial charge in [-0.2, -0.15) is 5.06 Å². The summed E-state index contributed by atoms with van der Waals surface area (Å²) in [4.78, 5) is 6.21. The Labute approximate surface area is 119 Å². The van der Waals surface area contributed by atoms with E-state index in [0.717, 1.165) is 18.4 Å². The molecular formula is C17H31NO. The highest BCUT2D eigenvalue weighted by Gasteiger charge is 2.52. The van der Waals surface area contributed by atoms with Crippen LogP contribution in [0.15, 0.2) is 11.6 Å². The van der Waals surface area contributed by atoms with Gasteiger partial charge in [-0.05, 0) is 58.8 Å². The molecule has 2 aliphatic rings. The molecule has 4 atom stereocenters. The molecule has 1 aliphatic carbocycles. The molecule has 0 radical (unpaired) electrons. The molecule has 0 bridgehead atoms. The lowest BCUT2D eigenvalue weighted by atomic mass is 9.67. The molecule has 0 amide bonds. The van der Waals surface area contributed by atoms with E-state index in [1.54, 1.807) is 0 Å². The molecule has 1 saturated heterocycles. The third-order valence-electron chi connectivity index (χ3n) is 5.04. The summed E-state index contributed by atoms with van der Waals surface area (Å²) in [6.07, 6.45) is 6.33. The normalized spacial score (nSPS) is 38.0. The zero-order chi connectivity index (χ0) is 14.2. The SMILES string of the molecule is CCN1OC(C)(C)C2CC(CC=C(C)C)CC(C)C21. The molecule has 0 aromatic heterocycles. The Morgan fingerprint density at radius 3 is 2.58 bits per heavy atom. The van der Waals surface area contributed by atoms with E-state index in [2.05, 4.69) is 52.7 Å². The van der Waals surface area contributed by atoms with Crippen LogP contribution < -0.4 is 0 Å². The van der Waals surface area contributed by atoms with Crippen molar-refractivity contribution in [1.82, 2.24) is 5.06 Å². The average Bonchev–Trinajstić information content (AvgIpc) is 2.59. The van der Waals surface area contributed by atoms with Crippen molar-refractivity contribution in [2.45, 2.75) is 72.4 Å². The molecule has 110 valence electrons. The number of fused-ring (bicyclic) bond motifs is 1. The van der Waals surface area contributed by atoms with Gasteiger partial charge in [-0.1, -0.05) is 25.5 Å². The van der Waals surface area contributed by atoms with E-state index in [1.165, 1.54) is 24.8 Å². The molecule has 1 aliphatic heterocycles. The van der Waals surface area contributed by atoms with Gasteiger partial charge in [-0.25, -0.2) is 0 Å². The van der Waals surface area contributed by atoms with Crippen LogP contribution in [0.5, 0.6) is 0 Å². The zero-order valence-electron chi connectivity index (χ0n) is 13.6. The average molecular weight is 265 g/mol. The second-order valence-electron chi connectivity index (χ2n) is 7.36. The fraction of sp³-hybridized carbons (Fsp3) is 0.882. The summed E-state index contributed by atoms with van der Waals surface area (Å²) in [5.41, 5.74) is 1.46. The van der Waals surface area contributed by atoms with Gasteiger partial charge in [0, 0.05) is 18.5 Å². The van der Waals surface area contributed by atoms with Crippen LogP contribution in [0.1, 0.15) is 60.8 Å². The van der Waals surface area contributed by atoms with Crippen LogP contribution in [0.3, 0.4) is 0 Å². The van der Waals surface area contributed by atoms with Gasteiger partial charge in [0.15, 0.2) is 0 Å². The van der Waals surface area contributed by atoms with Crippen molar-refractivity contribution in [3.63, 3.8) is 0 Å². The van der Waals surface area contributed by atoms with Crippen molar-refractivity contribution in [3.8, 4) is 0 Å². The molecule has 2 rings (SSSR count). The van der Waals surface area contributed by atoms with Gasteiger partial charge >= 0.3 is 0 Å². The molecule has 2 nitrogen and oxygen atoms in total. The van der Waals surface area contributed by atoms with Gasteiger partial charge in [0.2, 0.25) is 0 Å². The Morgan fingerprint density at radius 2 is 2.00 bits per heavy atom. The van der Waals surface area contributed by atoms with Crippen molar-refractivity contribution in [2.75, 3.05) is 6.54 Å². The third kappa shape index (κ3) is 3.05. The van der Waals surface area contributed by atoms with Gasteiger partial charge in [0.05, 0.1) is 5.60 Å². The van der Waals surface area contributed by atoms with Crippen LogP contribution in [0.25, 0.3) is 0 Å². The van der Waals surface area contributed by atoms with Gasteiger partial charge in [0.25, 0.3) is 0 Å². The molecule has 2 fully saturated rings. The van der Waals surface area contributed by atoms with E-state index in [4.69, 9.17) is 4.84 Å². The first-order valence-corrected chi connectivity index (χ1v) is 7.94. The molecule has 0 N–H and O–H groups in total. The molecule has 1 heterocycles. The summed E-state index contributed by atoms with van der Waals surface area (Å²) in [6.45, 7) is 14.6.